The van der Waals surface area contributed by atoms with Gasteiger partial charge in [-0.3, -0.25) is 9.78 Å². The van der Waals surface area contributed by atoms with Crippen LogP contribution in [0.5, 0.6) is 0 Å². The summed E-state index contributed by atoms with van der Waals surface area (Å²) in [6, 6.07) is 11.5. The maximum Gasteiger partial charge on any atom is 0.337 e. The Bertz CT molecular complexity index is 1030. The summed E-state index contributed by atoms with van der Waals surface area (Å²) in [6.07, 6.45) is 1.37. The molecule has 2 aromatic carbocycles. The van der Waals surface area contributed by atoms with Gasteiger partial charge in [-0.25, -0.2) is 13.6 Å². The van der Waals surface area contributed by atoms with Crippen LogP contribution in [0.1, 0.15) is 26.3 Å². The van der Waals surface area contributed by atoms with E-state index in [1.54, 1.807) is 30.3 Å². The second-order valence-electron chi connectivity index (χ2n) is 6.00. The highest BCUT2D eigenvalue weighted by Gasteiger charge is 2.17. The SMILES string of the molecule is COC(=O)c1ccc(C)c(-c2ccc(NC(=O)c3c(F)cccc3F)cn2)c1. The molecule has 1 heterocycles. The maximum atomic E-state index is 13.7. The molecule has 0 spiro atoms. The van der Waals surface area contributed by atoms with Crippen LogP contribution >= 0.6 is 0 Å². The van der Waals surface area contributed by atoms with Gasteiger partial charge >= 0.3 is 5.97 Å². The van der Waals surface area contributed by atoms with E-state index in [1.807, 2.05) is 6.92 Å². The number of anilines is 1. The average molecular weight is 382 g/mol. The Morgan fingerprint density at radius 1 is 1.04 bits per heavy atom. The minimum atomic E-state index is -0.947. The summed E-state index contributed by atoms with van der Waals surface area (Å²) in [5, 5.41) is 2.42. The van der Waals surface area contributed by atoms with Crippen LogP contribution in [-0.2, 0) is 4.74 Å². The number of hydrogen-bond acceptors (Lipinski definition) is 4. The zero-order chi connectivity index (χ0) is 20.3. The predicted octanol–water partition coefficient (Wildman–Crippen LogP) is 4.37. The summed E-state index contributed by atoms with van der Waals surface area (Å²) >= 11 is 0. The van der Waals surface area contributed by atoms with Crippen LogP contribution in [0.2, 0.25) is 0 Å². The molecule has 0 radical (unpaired) electrons. The van der Waals surface area contributed by atoms with Crippen molar-refractivity contribution in [2.45, 2.75) is 6.92 Å². The Kier molecular flexibility index (Phi) is 5.44. The number of rotatable bonds is 4. The van der Waals surface area contributed by atoms with E-state index in [2.05, 4.69) is 10.3 Å². The number of halogens is 2. The standard InChI is InChI=1S/C21H16F2N2O3/c1-12-6-7-13(21(27)28-2)10-15(12)18-9-8-14(11-24-18)25-20(26)19-16(22)4-3-5-17(19)23/h3-11H,1-2H3,(H,25,26). The van der Waals surface area contributed by atoms with Crippen molar-refractivity contribution in [3.8, 4) is 11.3 Å². The van der Waals surface area contributed by atoms with Crippen molar-refractivity contribution < 1.29 is 23.1 Å². The lowest BCUT2D eigenvalue weighted by Crippen LogP contribution is -2.16. The minimum absolute atomic E-state index is 0.276. The number of methoxy groups -OCH3 is 1. The van der Waals surface area contributed by atoms with E-state index in [4.69, 9.17) is 4.74 Å². The lowest BCUT2D eigenvalue weighted by molar-refractivity contribution is 0.0600. The molecule has 0 atom stereocenters. The molecule has 0 aliphatic carbocycles. The Morgan fingerprint density at radius 2 is 1.75 bits per heavy atom. The number of pyridine rings is 1. The molecule has 28 heavy (non-hydrogen) atoms. The third-order valence-corrected chi connectivity index (χ3v) is 4.15. The van der Waals surface area contributed by atoms with Gasteiger partial charge in [0.05, 0.1) is 30.3 Å². The molecular formula is C21H16F2N2O3. The second-order valence-corrected chi connectivity index (χ2v) is 6.00. The third kappa shape index (κ3) is 3.88. The van der Waals surface area contributed by atoms with Crippen molar-refractivity contribution >= 4 is 17.6 Å². The van der Waals surface area contributed by atoms with Crippen LogP contribution in [0.3, 0.4) is 0 Å². The average Bonchev–Trinajstić information content (AvgIpc) is 2.68. The summed E-state index contributed by atoms with van der Waals surface area (Å²) in [6.45, 7) is 1.87. The third-order valence-electron chi connectivity index (χ3n) is 4.15. The van der Waals surface area contributed by atoms with Crippen LogP contribution < -0.4 is 5.32 Å². The summed E-state index contributed by atoms with van der Waals surface area (Å²) < 4.78 is 32.1. The normalized spacial score (nSPS) is 10.4. The number of aromatic nitrogens is 1. The van der Waals surface area contributed by atoms with E-state index in [0.717, 1.165) is 23.3 Å². The highest BCUT2D eigenvalue weighted by molar-refractivity contribution is 6.04. The molecule has 0 aliphatic heterocycles. The van der Waals surface area contributed by atoms with Gasteiger partial charge in [-0.2, -0.15) is 0 Å². The van der Waals surface area contributed by atoms with E-state index in [0.29, 0.717) is 11.3 Å². The fraction of sp³-hybridized carbons (Fsp3) is 0.0952. The van der Waals surface area contributed by atoms with Gasteiger partial charge in [-0.15, -0.1) is 0 Å². The van der Waals surface area contributed by atoms with Gasteiger partial charge < -0.3 is 10.1 Å². The van der Waals surface area contributed by atoms with E-state index < -0.39 is 29.1 Å². The first-order valence-corrected chi connectivity index (χ1v) is 8.31. The van der Waals surface area contributed by atoms with Gasteiger partial charge in [0, 0.05) is 5.56 Å². The van der Waals surface area contributed by atoms with E-state index in [-0.39, 0.29) is 5.69 Å². The number of benzene rings is 2. The predicted molar refractivity (Wildman–Crippen MR) is 100 cm³/mol. The summed E-state index contributed by atoms with van der Waals surface area (Å²) in [4.78, 5) is 28.1. The number of amides is 1. The van der Waals surface area contributed by atoms with Crippen molar-refractivity contribution in [1.82, 2.24) is 4.98 Å². The molecule has 1 aromatic heterocycles. The molecule has 0 fully saturated rings. The molecule has 0 unspecified atom stereocenters. The van der Waals surface area contributed by atoms with E-state index in [1.165, 1.54) is 19.4 Å². The van der Waals surface area contributed by atoms with Crippen molar-refractivity contribution in [3.63, 3.8) is 0 Å². The highest BCUT2D eigenvalue weighted by Crippen LogP contribution is 2.24. The molecule has 1 amide bonds. The quantitative estimate of drug-likeness (QED) is 0.680. The van der Waals surface area contributed by atoms with Gasteiger partial charge in [-0.05, 0) is 48.9 Å². The fourth-order valence-electron chi connectivity index (χ4n) is 2.68. The van der Waals surface area contributed by atoms with Crippen LogP contribution in [0.4, 0.5) is 14.5 Å². The Balaban J connectivity index is 1.85. The topological polar surface area (TPSA) is 68.3 Å². The van der Waals surface area contributed by atoms with E-state index in [9.17, 15) is 18.4 Å². The molecule has 5 nitrogen and oxygen atoms in total. The first-order chi connectivity index (χ1) is 13.4. The first kappa shape index (κ1) is 19.2. The number of hydrogen-bond donors (Lipinski definition) is 1. The molecule has 0 bridgehead atoms. The Labute approximate surface area is 160 Å². The Morgan fingerprint density at radius 3 is 2.36 bits per heavy atom. The van der Waals surface area contributed by atoms with Gasteiger partial charge in [0.25, 0.3) is 5.91 Å². The van der Waals surface area contributed by atoms with Crippen LogP contribution in [-0.4, -0.2) is 24.0 Å². The molecule has 7 heteroatoms. The van der Waals surface area contributed by atoms with Gasteiger partial charge in [0.2, 0.25) is 0 Å². The molecule has 0 saturated carbocycles. The van der Waals surface area contributed by atoms with Gasteiger partial charge in [0.15, 0.2) is 0 Å². The number of nitrogens with zero attached hydrogens (tertiary/aromatic N) is 1. The zero-order valence-corrected chi connectivity index (χ0v) is 15.1. The van der Waals surface area contributed by atoms with Crippen molar-refractivity contribution in [3.05, 3.63) is 83.1 Å². The lowest BCUT2D eigenvalue weighted by atomic mass is 10.0. The van der Waals surface area contributed by atoms with E-state index >= 15 is 0 Å². The second kappa shape index (κ2) is 7.96. The number of esters is 1. The number of carbonyl (C=O) groups excluding carboxylic acids is 2. The smallest absolute Gasteiger partial charge is 0.337 e. The van der Waals surface area contributed by atoms with Crippen molar-refractivity contribution in [1.29, 1.82) is 0 Å². The maximum absolute atomic E-state index is 13.7. The van der Waals surface area contributed by atoms with Crippen molar-refractivity contribution in [2.24, 2.45) is 0 Å². The number of ether oxygens (including phenoxy) is 1. The molecule has 1 N–H and O–H groups in total. The molecule has 3 rings (SSSR count). The van der Waals surface area contributed by atoms with Gasteiger partial charge in [0.1, 0.15) is 17.2 Å². The lowest BCUT2D eigenvalue weighted by Gasteiger charge is -2.10. The Hall–Kier alpha value is -3.61. The summed E-state index contributed by atoms with van der Waals surface area (Å²) in [5.41, 5.74) is 2.19. The van der Waals surface area contributed by atoms with Crippen LogP contribution in [0.15, 0.2) is 54.7 Å². The fourth-order valence-corrected chi connectivity index (χ4v) is 2.68. The minimum Gasteiger partial charge on any atom is -0.465 e. The summed E-state index contributed by atoms with van der Waals surface area (Å²) in [7, 11) is 1.30. The van der Waals surface area contributed by atoms with Gasteiger partial charge in [-0.1, -0.05) is 12.1 Å². The van der Waals surface area contributed by atoms with Crippen LogP contribution in [0.25, 0.3) is 11.3 Å². The molecule has 142 valence electrons. The number of carbonyl (C=O) groups is 2. The molecule has 3 aromatic rings. The molecular weight excluding hydrogens is 366 g/mol. The summed E-state index contributed by atoms with van der Waals surface area (Å²) in [5.74, 6) is -3.26. The zero-order valence-electron chi connectivity index (χ0n) is 15.1. The van der Waals surface area contributed by atoms with Crippen LogP contribution in [0, 0.1) is 18.6 Å². The number of nitrogens with one attached hydrogen (secondary N) is 1. The van der Waals surface area contributed by atoms with Crippen molar-refractivity contribution in [2.75, 3.05) is 12.4 Å². The first-order valence-electron chi connectivity index (χ1n) is 8.31. The largest absolute Gasteiger partial charge is 0.465 e. The molecule has 0 saturated heterocycles. The highest BCUT2D eigenvalue weighted by atomic mass is 19.1. The monoisotopic (exact) mass is 382 g/mol. The molecule has 0 aliphatic rings. The number of aryl methyl sites for hydroxylation is 1.